The Kier molecular flexibility index (Phi) is 5.52. The number of aromatic nitrogens is 1. The third kappa shape index (κ3) is 4.05. The smallest absolute Gasteiger partial charge is 0.256 e. The Morgan fingerprint density at radius 3 is 2.67 bits per heavy atom. The molecule has 164 valence electrons. The minimum absolute atomic E-state index is 0.107. The maximum absolute atomic E-state index is 13.6. The van der Waals surface area contributed by atoms with Gasteiger partial charge >= 0.3 is 0 Å². The van der Waals surface area contributed by atoms with Crippen LogP contribution in [-0.2, 0) is 6.42 Å². The van der Waals surface area contributed by atoms with E-state index in [-0.39, 0.29) is 11.8 Å². The van der Waals surface area contributed by atoms with E-state index in [1.807, 2.05) is 30.3 Å². The molecule has 0 aliphatic heterocycles. The van der Waals surface area contributed by atoms with Gasteiger partial charge in [0.05, 0.1) is 16.8 Å². The number of hydrogen-bond donors (Lipinski definition) is 1. The summed E-state index contributed by atoms with van der Waals surface area (Å²) >= 11 is 1.69. The molecular formula is C27H23N3O2S. The quantitative estimate of drug-likeness (QED) is 0.429. The van der Waals surface area contributed by atoms with Gasteiger partial charge in [-0.05, 0) is 65.8 Å². The SMILES string of the molecule is CN(C)C(=O)c1cccc(NC(=O)c2c3c(nc4ccccc24)/C(=C/c2cccs2)CC3)c1. The van der Waals surface area contributed by atoms with Gasteiger partial charge in [0.15, 0.2) is 0 Å². The zero-order valence-corrected chi connectivity index (χ0v) is 19.3. The lowest BCUT2D eigenvalue weighted by atomic mass is 10.00. The molecule has 2 heterocycles. The van der Waals surface area contributed by atoms with Crippen molar-refractivity contribution < 1.29 is 9.59 Å². The molecule has 0 saturated carbocycles. The highest BCUT2D eigenvalue weighted by Crippen LogP contribution is 2.38. The number of nitrogens with zero attached hydrogens (tertiary/aromatic N) is 2. The molecule has 1 aliphatic carbocycles. The lowest BCUT2D eigenvalue weighted by molar-refractivity contribution is 0.0827. The van der Waals surface area contributed by atoms with Gasteiger partial charge in [-0.1, -0.05) is 30.3 Å². The Morgan fingerprint density at radius 1 is 1.03 bits per heavy atom. The second kappa shape index (κ2) is 8.64. The van der Waals surface area contributed by atoms with E-state index in [1.54, 1.807) is 49.7 Å². The fourth-order valence-electron chi connectivity index (χ4n) is 4.27. The normalized spacial score (nSPS) is 13.8. The molecule has 5 nitrogen and oxygen atoms in total. The summed E-state index contributed by atoms with van der Waals surface area (Å²) in [4.78, 5) is 33.6. The van der Waals surface area contributed by atoms with Gasteiger partial charge in [0.25, 0.3) is 11.8 Å². The number of carbonyl (C=O) groups excluding carboxylic acids is 2. The maximum atomic E-state index is 13.6. The number of hydrogen-bond acceptors (Lipinski definition) is 4. The van der Waals surface area contributed by atoms with E-state index in [1.165, 1.54) is 9.78 Å². The van der Waals surface area contributed by atoms with Crippen molar-refractivity contribution in [1.82, 2.24) is 9.88 Å². The molecule has 2 aromatic heterocycles. The van der Waals surface area contributed by atoms with Crippen LogP contribution >= 0.6 is 11.3 Å². The molecule has 0 saturated heterocycles. The van der Waals surface area contributed by atoms with Gasteiger partial charge in [-0.15, -0.1) is 11.3 Å². The highest BCUT2D eigenvalue weighted by Gasteiger charge is 2.27. The number of benzene rings is 2. The number of thiophene rings is 1. The third-order valence-electron chi connectivity index (χ3n) is 5.80. The van der Waals surface area contributed by atoms with Gasteiger partial charge in [-0.3, -0.25) is 9.59 Å². The number of fused-ring (bicyclic) bond motifs is 2. The molecule has 0 atom stereocenters. The fourth-order valence-corrected chi connectivity index (χ4v) is 4.95. The Labute approximate surface area is 196 Å². The minimum Gasteiger partial charge on any atom is -0.345 e. The van der Waals surface area contributed by atoms with E-state index in [9.17, 15) is 9.59 Å². The lowest BCUT2D eigenvalue weighted by Crippen LogP contribution is -2.22. The zero-order chi connectivity index (χ0) is 22.9. The molecular weight excluding hydrogens is 430 g/mol. The summed E-state index contributed by atoms with van der Waals surface area (Å²) in [6, 6.07) is 18.9. The van der Waals surface area contributed by atoms with E-state index < -0.39 is 0 Å². The summed E-state index contributed by atoms with van der Waals surface area (Å²) in [5.41, 5.74) is 5.63. The Bertz CT molecular complexity index is 1400. The van der Waals surface area contributed by atoms with Crippen LogP contribution in [0.5, 0.6) is 0 Å². The van der Waals surface area contributed by atoms with Crippen LogP contribution < -0.4 is 5.32 Å². The minimum atomic E-state index is -0.184. The van der Waals surface area contributed by atoms with Crippen molar-refractivity contribution in [2.45, 2.75) is 12.8 Å². The summed E-state index contributed by atoms with van der Waals surface area (Å²) in [5, 5.41) is 5.92. The molecule has 0 bridgehead atoms. The number of carbonyl (C=O) groups is 2. The highest BCUT2D eigenvalue weighted by atomic mass is 32.1. The molecule has 0 spiro atoms. The molecule has 5 rings (SSSR count). The molecule has 2 amide bonds. The van der Waals surface area contributed by atoms with Crippen LogP contribution in [0.25, 0.3) is 22.6 Å². The van der Waals surface area contributed by atoms with E-state index in [4.69, 9.17) is 4.98 Å². The molecule has 6 heteroatoms. The second-order valence-electron chi connectivity index (χ2n) is 8.25. The maximum Gasteiger partial charge on any atom is 0.256 e. The Morgan fingerprint density at radius 2 is 1.88 bits per heavy atom. The summed E-state index contributed by atoms with van der Waals surface area (Å²) in [6.07, 6.45) is 3.80. The number of nitrogens with one attached hydrogen (secondary N) is 1. The van der Waals surface area contributed by atoms with E-state index in [0.717, 1.165) is 40.6 Å². The van der Waals surface area contributed by atoms with E-state index >= 15 is 0 Å². The number of allylic oxidation sites excluding steroid dienone is 1. The monoisotopic (exact) mass is 453 g/mol. The topological polar surface area (TPSA) is 62.3 Å². The summed E-state index contributed by atoms with van der Waals surface area (Å²) in [6.45, 7) is 0. The summed E-state index contributed by atoms with van der Waals surface area (Å²) in [5.74, 6) is -0.290. The summed E-state index contributed by atoms with van der Waals surface area (Å²) < 4.78 is 0. The lowest BCUT2D eigenvalue weighted by Gasteiger charge is -2.14. The van der Waals surface area contributed by atoms with Crippen molar-refractivity contribution in [3.8, 4) is 0 Å². The predicted octanol–water partition coefficient (Wildman–Crippen LogP) is 5.74. The van der Waals surface area contributed by atoms with Gasteiger partial charge in [0.1, 0.15) is 0 Å². The van der Waals surface area contributed by atoms with Crippen LogP contribution in [-0.4, -0.2) is 35.8 Å². The van der Waals surface area contributed by atoms with Gasteiger partial charge in [-0.2, -0.15) is 0 Å². The van der Waals surface area contributed by atoms with Crippen LogP contribution in [0.1, 0.15) is 43.3 Å². The third-order valence-corrected chi connectivity index (χ3v) is 6.62. The second-order valence-corrected chi connectivity index (χ2v) is 9.23. The van der Waals surface area contributed by atoms with Gasteiger partial charge in [-0.25, -0.2) is 4.98 Å². The first kappa shape index (κ1) is 21.1. The van der Waals surface area contributed by atoms with E-state index in [0.29, 0.717) is 16.8 Å². The number of pyridine rings is 1. The van der Waals surface area contributed by atoms with Crippen LogP contribution in [0.4, 0.5) is 5.69 Å². The number of rotatable bonds is 4. The van der Waals surface area contributed by atoms with E-state index in [2.05, 4.69) is 22.8 Å². The largest absolute Gasteiger partial charge is 0.345 e. The fraction of sp³-hybridized carbons (Fsp3) is 0.148. The Hall–Kier alpha value is -3.77. The van der Waals surface area contributed by atoms with Crippen molar-refractivity contribution >= 4 is 51.4 Å². The van der Waals surface area contributed by atoms with Crippen LogP contribution in [0.2, 0.25) is 0 Å². The standard InChI is InChI=1S/C27H23N3O2S/c1-30(2)27(32)18-7-5-8-19(15-18)28-26(31)24-21-10-3-4-11-23(21)29-25-17(12-13-22(24)25)16-20-9-6-14-33-20/h3-11,14-16H,12-13H2,1-2H3,(H,28,31)/b17-16+. The molecule has 1 aliphatic rings. The molecule has 2 aromatic carbocycles. The first-order valence-electron chi connectivity index (χ1n) is 10.8. The van der Waals surface area contributed by atoms with Crippen LogP contribution in [0.15, 0.2) is 66.0 Å². The average Bonchev–Trinajstić information content (AvgIpc) is 3.47. The molecule has 1 N–H and O–H groups in total. The predicted molar refractivity (Wildman–Crippen MR) is 135 cm³/mol. The highest BCUT2D eigenvalue weighted by molar-refractivity contribution is 7.10. The zero-order valence-electron chi connectivity index (χ0n) is 18.5. The van der Waals surface area contributed by atoms with Gasteiger partial charge in [0, 0.05) is 35.6 Å². The average molecular weight is 454 g/mol. The number of amides is 2. The van der Waals surface area contributed by atoms with Gasteiger partial charge in [0.2, 0.25) is 0 Å². The first-order valence-corrected chi connectivity index (χ1v) is 11.7. The van der Waals surface area contributed by atoms with Crippen molar-refractivity contribution in [2.24, 2.45) is 0 Å². The summed E-state index contributed by atoms with van der Waals surface area (Å²) in [7, 11) is 3.42. The van der Waals surface area contributed by atoms with Crippen LogP contribution in [0.3, 0.4) is 0 Å². The van der Waals surface area contributed by atoms with Gasteiger partial charge < -0.3 is 10.2 Å². The van der Waals surface area contributed by atoms with Crippen molar-refractivity contribution in [3.63, 3.8) is 0 Å². The number of anilines is 1. The van der Waals surface area contributed by atoms with Crippen molar-refractivity contribution in [3.05, 3.63) is 93.3 Å². The molecule has 0 unspecified atom stereocenters. The van der Waals surface area contributed by atoms with Crippen LogP contribution in [0, 0.1) is 0 Å². The first-order chi connectivity index (χ1) is 16.0. The Balaban J connectivity index is 1.57. The number of para-hydroxylation sites is 1. The molecule has 4 aromatic rings. The van der Waals surface area contributed by atoms with Crippen molar-refractivity contribution in [2.75, 3.05) is 19.4 Å². The molecule has 0 radical (unpaired) electrons. The molecule has 0 fully saturated rings. The van der Waals surface area contributed by atoms with Crippen molar-refractivity contribution in [1.29, 1.82) is 0 Å². The molecule has 33 heavy (non-hydrogen) atoms.